The van der Waals surface area contributed by atoms with Crippen LogP contribution in [0.1, 0.15) is 28.4 Å². The van der Waals surface area contributed by atoms with Crippen LogP contribution in [0, 0.1) is 6.92 Å². The molecule has 0 saturated heterocycles. The Hall–Kier alpha value is -1.03. The van der Waals surface area contributed by atoms with Crippen LogP contribution in [0.2, 0.25) is 5.02 Å². The maximum atomic E-state index is 10.7. The van der Waals surface area contributed by atoms with Crippen molar-refractivity contribution in [2.24, 2.45) is 0 Å². The number of hydrogen-bond donors (Lipinski definition) is 1. The summed E-state index contributed by atoms with van der Waals surface area (Å²) in [5.74, 6) is 0.773. The van der Waals surface area contributed by atoms with Crippen LogP contribution in [0.4, 0.5) is 0 Å². The zero-order valence-electron chi connectivity index (χ0n) is 11.0. The lowest BCUT2D eigenvalue weighted by Crippen LogP contribution is -2.03. The topological polar surface area (TPSA) is 29.5 Å². The van der Waals surface area contributed by atoms with Crippen molar-refractivity contribution < 1.29 is 9.84 Å². The molecule has 20 heavy (non-hydrogen) atoms. The van der Waals surface area contributed by atoms with Crippen molar-refractivity contribution in [1.82, 2.24) is 0 Å². The van der Waals surface area contributed by atoms with Crippen molar-refractivity contribution in [3.63, 3.8) is 0 Å². The number of hydrogen-bond acceptors (Lipinski definition) is 2. The number of benzene rings is 2. The van der Waals surface area contributed by atoms with Crippen molar-refractivity contribution in [3.05, 3.63) is 62.1 Å². The van der Waals surface area contributed by atoms with Crippen molar-refractivity contribution in [2.75, 3.05) is 6.61 Å². The molecule has 2 aromatic rings. The molecule has 1 aliphatic heterocycles. The summed E-state index contributed by atoms with van der Waals surface area (Å²) in [5, 5.41) is 11.3. The number of fused-ring (bicyclic) bond motifs is 1. The highest BCUT2D eigenvalue weighted by Gasteiger charge is 2.24. The fraction of sp³-hybridized carbons (Fsp3) is 0.250. The second-order valence-electron chi connectivity index (χ2n) is 5.01. The largest absolute Gasteiger partial charge is 0.493 e. The van der Waals surface area contributed by atoms with Crippen LogP contribution in [0.25, 0.3) is 0 Å². The average molecular weight is 354 g/mol. The molecule has 104 valence electrons. The minimum absolute atomic E-state index is 0.631. The molecule has 0 amide bonds. The van der Waals surface area contributed by atoms with Crippen LogP contribution in [-0.2, 0) is 6.42 Å². The second kappa shape index (κ2) is 5.40. The summed E-state index contributed by atoms with van der Waals surface area (Å²) < 4.78 is 6.54. The van der Waals surface area contributed by atoms with E-state index in [1.54, 1.807) is 6.07 Å². The van der Waals surface area contributed by atoms with Crippen LogP contribution in [0.3, 0.4) is 0 Å². The summed E-state index contributed by atoms with van der Waals surface area (Å²) >= 11 is 9.66. The third-order valence-electron chi connectivity index (χ3n) is 3.52. The van der Waals surface area contributed by atoms with Gasteiger partial charge in [0.1, 0.15) is 11.9 Å². The molecule has 0 aromatic heterocycles. The molecule has 2 nitrogen and oxygen atoms in total. The summed E-state index contributed by atoms with van der Waals surface area (Å²) in [5.41, 5.74) is 3.75. The molecule has 4 heteroatoms. The van der Waals surface area contributed by atoms with E-state index in [-0.39, 0.29) is 0 Å². The molecule has 1 heterocycles. The minimum atomic E-state index is -0.754. The Labute approximate surface area is 131 Å². The average Bonchev–Trinajstić information content (AvgIpc) is 2.85. The maximum Gasteiger partial charge on any atom is 0.128 e. The van der Waals surface area contributed by atoms with Gasteiger partial charge in [0.05, 0.1) is 6.61 Å². The first kappa shape index (κ1) is 13.9. The molecule has 0 saturated carbocycles. The minimum Gasteiger partial charge on any atom is -0.493 e. The van der Waals surface area contributed by atoms with Gasteiger partial charge in [-0.05, 0) is 41.8 Å². The van der Waals surface area contributed by atoms with Crippen LogP contribution in [0.15, 0.2) is 34.8 Å². The van der Waals surface area contributed by atoms with Crippen molar-refractivity contribution in [2.45, 2.75) is 19.4 Å². The van der Waals surface area contributed by atoms with E-state index in [1.807, 2.05) is 31.2 Å². The monoisotopic (exact) mass is 352 g/mol. The summed E-state index contributed by atoms with van der Waals surface area (Å²) in [4.78, 5) is 0. The van der Waals surface area contributed by atoms with E-state index in [4.69, 9.17) is 16.3 Å². The highest BCUT2D eigenvalue weighted by molar-refractivity contribution is 9.10. The summed E-state index contributed by atoms with van der Waals surface area (Å²) in [6, 6.07) is 9.58. The van der Waals surface area contributed by atoms with Gasteiger partial charge in [-0.1, -0.05) is 39.7 Å². The third-order valence-corrected chi connectivity index (χ3v) is 4.43. The van der Waals surface area contributed by atoms with Gasteiger partial charge in [-0.2, -0.15) is 0 Å². The zero-order valence-corrected chi connectivity index (χ0v) is 13.3. The fourth-order valence-corrected chi connectivity index (χ4v) is 3.48. The number of aliphatic hydroxyl groups is 1. The van der Waals surface area contributed by atoms with E-state index in [9.17, 15) is 5.11 Å². The predicted molar refractivity (Wildman–Crippen MR) is 83.6 cm³/mol. The van der Waals surface area contributed by atoms with Crippen LogP contribution < -0.4 is 4.74 Å². The summed E-state index contributed by atoms with van der Waals surface area (Å²) in [6.45, 7) is 2.66. The Bertz CT molecular complexity index is 670. The van der Waals surface area contributed by atoms with Gasteiger partial charge >= 0.3 is 0 Å². The van der Waals surface area contributed by atoms with Gasteiger partial charge in [-0.25, -0.2) is 0 Å². The molecule has 0 radical (unpaired) electrons. The van der Waals surface area contributed by atoms with E-state index in [0.717, 1.165) is 38.9 Å². The van der Waals surface area contributed by atoms with Gasteiger partial charge in [0.15, 0.2) is 0 Å². The second-order valence-corrected chi connectivity index (χ2v) is 6.30. The fourth-order valence-electron chi connectivity index (χ4n) is 2.52. The number of aliphatic hydroxyl groups excluding tert-OH is 1. The molecule has 0 fully saturated rings. The van der Waals surface area contributed by atoms with Gasteiger partial charge in [0.25, 0.3) is 0 Å². The molecule has 0 bridgehead atoms. The van der Waals surface area contributed by atoms with E-state index < -0.39 is 6.10 Å². The lowest BCUT2D eigenvalue weighted by atomic mass is 9.97. The SMILES string of the molecule is Cc1ccc(C(O)c2cc(Cl)cc3c2OCC3)c(Br)c1. The Morgan fingerprint density at radius 2 is 2.05 bits per heavy atom. The Morgan fingerprint density at radius 3 is 2.80 bits per heavy atom. The number of ether oxygens (including phenoxy) is 1. The molecule has 1 aliphatic rings. The van der Waals surface area contributed by atoms with Gasteiger partial charge in [-0.15, -0.1) is 0 Å². The standard InChI is InChI=1S/C16H14BrClO2/c1-9-2-3-12(14(17)6-9)15(19)13-8-11(18)7-10-4-5-20-16(10)13/h2-3,6-8,15,19H,4-5H2,1H3. The van der Waals surface area contributed by atoms with Crippen LogP contribution in [0.5, 0.6) is 5.75 Å². The van der Waals surface area contributed by atoms with E-state index in [0.29, 0.717) is 11.6 Å². The van der Waals surface area contributed by atoms with Gasteiger partial charge in [-0.3, -0.25) is 0 Å². The van der Waals surface area contributed by atoms with Gasteiger partial charge in [0.2, 0.25) is 0 Å². The zero-order chi connectivity index (χ0) is 14.3. The third kappa shape index (κ3) is 2.46. The van der Waals surface area contributed by atoms with E-state index >= 15 is 0 Å². The van der Waals surface area contributed by atoms with Crippen LogP contribution >= 0.6 is 27.5 Å². The van der Waals surface area contributed by atoms with Crippen molar-refractivity contribution in [3.8, 4) is 5.75 Å². The quantitative estimate of drug-likeness (QED) is 0.865. The van der Waals surface area contributed by atoms with E-state index in [1.165, 1.54) is 0 Å². The number of halogens is 2. The smallest absolute Gasteiger partial charge is 0.128 e. The first-order valence-corrected chi connectivity index (χ1v) is 7.62. The van der Waals surface area contributed by atoms with Gasteiger partial charge in [0, 0.05) is 21.5 Å². The maximum absolute atomic E-state index is 10.7. The van der Waals surface area contributed by atoms with Crippen molar-refractivity contribution >= 4 is 27.5 Å². The molecular weight excluding hydrogens is 340 g/mol. The van der Waals surface area contributed by atoms with E-state index in [2.05, 4.69) is 15.9 Å². The number of aryl methyl sites for hydroxylation is 1. The molecule has 1 N–H and O–H groups in total. The summed E-state index contributed by atoms with van der Waals surface area (Å²) in [6.07, 6.45) is 0.0838. The molecule has 1 atom stereocenters. The lowest BCUT2D eigenvalue weighted by molar-refractivity contribution is 0.213. The molecule has 2 aromatic carbocycles. The molecule has 0 aliphatic carbocycles. The first-order chi connectivity index (χ1) is 9.56. The molecular formula is C16H14BrClO2. The van der Waals surface area contributed by atoms with Crippen LogP contribution in [-0.4, -0.2) is 11.7 Å². The lowest BCUT2D eigenvalue weighted by Gasteiger charge is -2.17. The molecule has 0 spiro atoms. The Kier molecular flexibility index (Phi) is 3.76. The summed E-state index contributed by atoms with van der Waals surface area (Å²) in [7, 11) is 0. The highest BCUT2D eigenvalue weighted by Crippen LogP contribution is 2.40. The first-order valence-electron chi connectivity index (χ1n) is 6.45. The highest BCUT2D eigenvalue weighted by atomic mass is 79.9. The normalized spacial score (nSPS) is 14.8. The molecule has 3 rings (SSSR count). The van der Waals surface area contributed by atoms with Gasteiger partial charge < -0.3 is 9.84 Å². The number of rotatable bonds is 2. The predicted octanol–water partition coefficient (Wildman–Crippen LogP) is 4.43. The van der Waals surface area contributed by atoms with Crippen molar-refractivity contribution in [1.29, 1.82) is 0 Å². The Morgan fingerprint density at radius 1 is 1.25 bits per heavy atom. The Balaban J connectivity index is 2.09. The molecule has 1 unspecified atom stereocenters.